The quantitative estimate of drug-likeness (QED) is 0.567. The summed E-state index contributed by atoms with van der Waals surface area (Å²) in [5.41, 5.74) is 2.21. The van der Waals surface area contributed by atoms with Gasteiger partial charge in [0.05, 0.1) is 0 Å². The van der Waals surface area contributed by atoms with Gasteiger partial charge in [-0.2, -0.15) is 0 Å². The second-order valence-corrected chi connectivity index (χ2v) is 5.91. The lowest BCUT2D eigenvalue weighted by Gasteiger charge is -2.26. The van der Waals surface area contributed by atoms with Crippen LogP contribution in [0, 0.1) is 0 Å². The summed E-state index contributed by atoms with van der Waals surface area (Å²) >= 11 is 0. The minimum atomic E-state index is 1.10. The molecule has 0 amide bonds. The van der Waals surface area contributed by atoms with Crippen LogP contribution in [0.5, 0.6) is 0 Å². The molecule has 0 nitrogen and oxygen atoms in total. The maximum atomic E-state index is 2.36. The second kappa shape index (κ2) is 4.68. The molecule has 60 valence electrons. The molecule has 0 N–H and O–H groups in total. The predicted molar refractivity (Wildman–Crippen MR) is 54.5 cm³/mol. The third-order valence-electron chi connectivity index (χ3n) is 2.54. The van der Waals surface area contributed by atoms with Gasteiger partial charge in [-0.1, -0.05) is 0 Å². The molecule has 0 aromatic heterocycles. The van der Waals surface area contributed by atoms with E-state index in [1.807, 2.05) is 0 Å². The van der Waals surface area contributed by atoms with Crippen molar-refractivity contribution in [2.24, 2.45) is 0 Å². The van der Waals surface area contributed by atoms with Gasteiger partial charge in [0.1, 0.15) is 0 Å². The van der Waals surface area contributed by atoms with Crippen LogP contribution in [-0.2, 0) is 0 Å². The van der Waals surface area contributed by atoms with Crippen molar-refractivity contribution in [2.45, 2.75) is 37.0 Å². The van der Waals surface area contributed by atoms with E-state index in [9.17, 15) is 0 Å². The highest BCUT2D eigenvalue weighted by Gasteiger charge is 2.17. The number of rotatable bonds is 2. The smallest absolute Gasteiger partial charge is 0.0239 e. The monoisotopic (exact) mass is 176 g/mol. The van der Waals surface area contributed by atoms with Crippen molar-refractivity contribution in [1.29, 1.82) is 0 Å². The highest BCUT2D eigenvalue weighted by molar-refractivity contribution is 7.38. The van der Waals surface area contributed by atoms with Crippen LogP contribution in [0.2, 0.25) is 0 Å². The SMILES string of the molecule is CPC1CCC(PC)CC1. The summed E-state index contributed by atoms with van der Waals surface area (Å²) < 4.78 is 0. The average Bonchev–Trinajstić information content (AvgIpc) is 2.05. The summed E-state index contributed by atoms with van der Waals surface area (Å²) in [7, 11) is 2.40. The van der Waals surface area contributed by atoms with Gasteiger partial charge in [-0.05, 0) is 50.3 Å². The molecule has 1 saturated carbocycles. The van der Waals surface area contributed by atoms with Gasteiger partial charge < -0.3 is 0 Å². The summed E-state index contributed by atoms with van der Waals surface area (Å²) in [6.45, 7) is 4.72. The first-order chi connectivity index (χ1) is 4.86. The molecular formula is C8H18P2. The first-order valence-corrected chi connectivity index (χ1v) is 7.37. The third-order valence-corrected chi connectivity index (χ3v) is 5.33. The van der Waals surface area contributed by atoms with E-state index in [0.29, 0.717) is 0 Å². The van der Waals surface area contributed by atoms with Gasteiger partial charge in [0.25, 0.3) is 0 Å². The first kappa shape index (κ1) is 8.95. The standard InChI is InChI=1S/C8H18P2/c1-9-7-3-5-8(10-2)6-4-7/h7-10H,3-6H2,1-2H3. The van der Waals surface area contributed by atoms with Crippen molar-refractivity contribution in [3.63, 3.8) is 0 Å². The normalized spacial score (nSPS) is 36.6. The van der Waals surface area contributed by atoms with Crippen LogP contribution in [0.4, 0.5) is 0 Å². The molecule has 1 aliphatic rings. The Labute approximate surface area is 68.1 Å². The van der Waals surface area contributed by atoms with Gasteiger partial charge in [0, 0.05) is 0 Å². The molecule has 1 fully saturated rings. The van der Waals surface area contributed by atoms with Crippen molar-refractivity contribution in [3.05, 3.63) is 0 Å². The van der Waals surface area contributed by atoms with Crippen molar-refractivity contribution < 1.29 is 0 Å². The van der Waals surface area contributed by atoms with E-state index >= 15 is 0 Å². The highest BCUT2D eigenvalue weighted by atomic mass is 31.1. The lowest BCUT2D eigenvalue weighted by Crippen LogP contribution is -2.15. The molecule has 2 unspecified atom stereocenters. The van der Waals surface area contributed by atoms with Gasteiger partial charge in [-0.3, -0.25) is 0 Å². The molecule has 1 rings (SSSR count). The molecule has 0 aliphatic heterocycles. The zero-order chi connectivity index (χ0) is 7.40. The Morgan fingerprint density at radius 2 is 1.10 bits per heavy atom. The zero-order valence-corrected chi connectivity index (χ0v) is 8.98. The van der Waals surface area contributed by atoms with E-state index in [4.69, 9.17) is 0 Å². The minimum absolute atomic E-state index is 1.10. The molecule has 0 aromatic rings. The van der Waals surface area contributed by atoms with Crippen LogP contribution in [-0.4, -0.2) is 24.6 Å². The fraction of sp³-hybridized carbons (Fsp3) is 1.00. The summed E-state index contributed by atoms with van der Waals surface area (Å²) in [6.07, 6.45) is 6.11. The van der Waals surface area contributed by atoms with Gasteiger partial charge in [-0.25, -0.2) is 0 Å². The van der Waals surface area contributed by atoms with E-state index in [1.54, 1.807) is 0 Å². The van der Waals surface area contributed by atoms with Crippen LogP contribution in [0.1, 0.15) is 25.7 Å². The fourth-order valence-corrected chi connectivity index (χ4v) is 3.49. The molecule has 0 bridgehead atoms. The molecular weight excluding hydrogens is 158 g/mol. The van der Waals surface area contributed by atoms with E-state index in [2.05, 4.69) is 13.3 Å². The van der Waals surface area contributed by atoms with Crippen molar-refractivity contribution >= 4 is 17.2 Å². The Morgan fingerprint density at radius 1 is 0.800 bits per heavy atom. The summed E-state index contributed by atoms with van der Waals surface area (Å²) in [6, 6.07) is 0. The maximum absolute atomic E-state index is 2.36. The Morgan fingerprint density at radius 3 is 1.30 bits per heavy atom. The van der Waals surface area contributed by atoms with Crippen molar-refractivity contribution in [3.8, 4) is 0 Å². The Hall–Kier alpha value is 0.860. The van der Waals surface area contributed by atoms with E-state index < -0.39 is 0 Å². The largest absolute Gasteiger partial charge is 0.122 e. The van der Waals surface area contributed by atoms with Gasteiger partial charge in [0.2, 0.25) is 0 Å². The molecule has 0 aromatic carbocycles. The Kier molecular flexibility index (Phi) is 4.19. The van der Waals surface area contributed by atoms with Crippen LogP contribution in [0.3, 0.4) is 0 Å². The third kappa shape index (κ3) is 2.48. The van der Waals surface area contributed by atoms with Crippen LogP contribution in [0.25, 0.3) is 0 Å². The van der Waals surface area contributed by atoms with Crippen LogP contribution in [0.15, 0.2) is 0 Å². The molecule has 0 heterocycles. The molecule has 0 spiro atoms. The molecule has 2 atom stereocenters. The van der Waals surface area contributed by atoms with Gasteiger partial charge in [-0.15, -0.1) is 17.2 Å². The summed E-state index contributed by atoms with van der Waals surface area (Å²) in [5.74, 6) is 0. The Balaban J connectivity index is 2.17. The highest BCUT2D eigenvalue weighted by Crippen LogP contribution is 2.36. The first-order valence-electron chi connectivity index (χ1n) is 4.21. The van der Waals surface area contributed by atoms with Crippen LogP contribution >= 0.6 is 17.2 Å². The van der Waals surface area contributed by atoms with E-state index in [1.165, 1.54) is 42.8 Å². The second-order valence-electron chi connectivity index (χ2n) is 3.13. The van der Waals surface area contributed by atoms with Gasteiger partial charge >= 0.3 is 0 Å². The number of hydrogen-bond donors (Lipinski definition) is 0. The summed E-state index contributed by atoms with van der Waals surface area (Å²) in [5, 5.41) is 0. The lowest BCUT2D eigenvalue weighted by molar-refractivity contribution is 0.524. The minimum Gasteiger partial charge on any atom is -0.122 e. The van der Waals surface area contributed by atoms with Crippen LogP contribution < -0.4 is 0 Å². The maximum Gasteiger partial charge on any atom is -0.0239 e. The Bertz CT molecular complexity index is 73.3. The molecule has 0 radical (unpaired) electrons. The van der Waals surface area contributed by atoms with E-state index in [0.717, 1.165) is 11.3 Å². The molecule has 10 heavy (non-hydrogen) atoms. The summed E-state index contributed by atoms with van der Waals surface area (Å²) in [4.78, 5) is 0. The molecule has 0 saturated heterocycles. The number of hydrogen-bond acceptors (Lipinski definition) is 0. The molecule has 2 heteroatoms. The topological polar surface area (TPSA) is 0 Å². The predicted octanol–water partition coefficient (Wildman–Crippen LogP) is 2.91. The fourth-order valence-electron chi connectivity index (χ4n) is 1.67. The zero-order valence-electron chi connectivity index (χ0n) is 6.98. The van der Waals surface area contributed by atoms with Crippen molar-refractivity contribution in [2.75, 3.05) is 13.3 Å². The lowest BCUT2D eigenvalue weighted by atomic mass is 10.00. The van der Waals surface area contributed by atoms with Gasteiger partial charge in [0.15, 0.2) is 0 Å². The van der Waals surface area contributed by atoms with Crippen molar-refractivity contribution in [1.82, 2.24) is 0 Å². The van der Waals surface area contributed by atoms with E-state index in [-0.39, 0.29) is 0 Å². The molecule has 1 aliphatic carbocycles. The average molecular weight is 176 g/mol.